The number of aromatic nitrogens is 1. The average Bonchev–Trinajstić information content (AvgIpc) is 2.32. The van der Waals surface area contributed by atoms with Gasteiger partial charge in [0, 0.05) is 11.9 Å². The van der Waals surface area contributed by atoms with E-state index in [2.05, 4.69) is 26.2 Å². The predicted octanol–water partition coefficient (Wildman–Crippen LogP) is 3.33. The lowest BCUT2D eigenvalue weighted by Crippen LogP contribution is -2.14. The lowest BCUT2D eigenvalue weighted by atomic mass is 10.2. The predicted molar refractivity (Wildman–Crippen MR) is 75.8 cm³/mol. The average molecular weight is 327 g/mol. The molecule has 4 nitrogen and oxygen atoms in total. The van der Waals surface area contributed by atoms with Crippen molar-refractivity contribution in [3.63, 3.8) is 0 Å². The van der Waals surface area contributed by atoms with Gasteiger partial charge in [-0.15, -0.1) is 0 Å². The number of pyridine rings is 1. The molecule has 0 radical (unpaired) electrons. The molecule has 0 unspecified atom stereocenters. The number of anilines is 2. The van der Waals surface area contributed by atoms with Gasteiger partial charge >= 0.3 is 0 Å². The van der Waals surface area contributed by atoms with Crippen molar-refractivity contribution >= 4 is 44.9 Å². The van der Waals surface area contributed by atoms with Gasteiger partial charge in [-0.3, -0.25) is 4.79 Å². The van der Waals surface area contributed by atoms with Crippen LogP contribution in [0.3, 0.4) is 0 Å². The van der Waals surface area contributed by atoms with Gasteiger partial charge in [0.15, 0.2) is 0 Å². The first-order valence-electron chi connectivity index (χ1n) is 5.05. The minimum atomic E-state index is -0.334. The van der Waals surface area contributed by atoms with Gasteiger partial charge in [0.2, 0.25) is 0 Å². The molecule has 6 heteroatoms. The van der Waals surface area contributed by atoms with Crippen LogP contribution in [0.5, 0.6) is 0 Å². The second-order valence-electron chi connectivity index (χ2n) is 3.53. The first-order valence-corrected chi connectivity index (χ1v) is 6.22. The van der Waals surface area contributed by atoms with Crippen molar-refractivity contribution in [3.8, 4) is 0 Å². The number of nitrogens with two attached hydrogens (primary N) is 1. The van der Waals surface area contributed by atoms with Gasteiger partial charge in [-0.1, -0.05) is 11.6 Å². The van der Waals surface area contributed by atoms with Crippen molar-refractivity contribution in [2.45, 2.75) is 0 Å². The van der Waals surface area contributed by atoms with E-state index in [0.717, 1.165) is 0 Å². The normalized spacial score (nSPS) is 10.1. The molecule has 3 N–H and O–H groups in total. The van der Waals surface area contributed by atoms with Crippen molar-refractivity contribution in [2.24, 2.45) is 0 Å². The number of amides is 1. The molecule has 0 aliphatic heterocycles. The molecule has 0 saturated heterocycles. The Kier molecular flexibility index (Phi) is 3.84. The van der Waals surface area contributed by atoms with Crippen molar-refractivity contribution in [2.75, 3.05) is 11.1 Å². The van der Waals surface area contributed by atoms with E-state index in [4.69, 9.17) is 17.3 Å². The van der Waals surface area contributed by atoms with Crippen molar-refractivity contribution in [1.82, 2.24) is 4.98 Å². The third-order valence-corrected chi connectivity index (χ3v) is 3.18. The summed E-state index contributed by atoms with van der Waals surface area (Å²) in [7, 11) is 0. The number of hydrogen-bond acceptors (Lipinski definition) is 3. The third-order valence-electron chi connectivity index (χ3n) is 2.23. The molecule has 2 rings (SSSR count). The summed E-state index contributed by atoms with van der Waals surface area (Å²) in [5.74, 6) is 0.106. The monoisotopic (exact) mass is 325 g/mol. The highest BCUT2D eigenvalue weighted by Crippen LogP contribution is 2.22. The molecule has 1 aromatic heterocycles. The highest BCUT2D eigenvalue weighted by Gasteiger charge is 2.12. The van der Waals surface area contributed by atoms with E-state index < -0.39 is 0 Å². The SMILES string of the molecule is Nc1ccc(C(=O)Nc2ncccc2Br)c(Cl)c1. The molecule has 0 aliphatic carbocycles. The molecule has 0 atom stereocenters. The van der Waals surface area contributed by atoms with E-state index in [-0.39, 0.29) is 5.91 Å². The summed E-state index contributed by atoms with van der Waals surface area (Å²) in [6.07, 6.45) is 1.59. The Bertz CT molecular complexity index is 604. The van der Waals surface area contributed by atoms with Gasteiger partial charge in [0.25, 0.3) is 5.91 Å². The van der Waals surface area contributed by atoms with E-state index in [0.29, 0.717) is 26.6 Å². The van der Waals surface area contributed by atoms with Gasteiger partial charge in [-0.25, -0.2) is 4.98 Å². The van der Waals surface area contributed by atoms with Gasteiger partial charge in [-0.05, 0) is 46.3 Å². The highest BCUT2D eigenvalue weighted by atomic mass is 79.9. The van der Waals surface area contributed by atoms with Crippen LogP contribution in [0.15, 0.2) is 41.0 Å². The zero-order valence-electron chi connectivity index (χ0n) is 9.15. The van der Waals surface area contributed by atoms with Crippen LogP contribution in [-0.2, 0) is 0 Å². The Morgan fingerprint density at radius 1 is 1.39 bits per heavy atom. The largest absolute Gasteiger partial charge is 0.399 e. The summed E-state index contributed by atoms with van der Waals surface area (Å²) >= 11 is 9.25. The van der Waals surface area contributed by atoms with Crippen LogP contribution < -0.4 is 11.1 Å². The Balaban J connectivity index is 2.25. The molecule has 0 aliphatic rings. The molecule has 1 aromatic carbocycles. The molecule has 1 heterocycles. The van der Waals surface area contributed by atoms with Crippen LogP contribution in [0.1, 0.15) is 10.4 Å². The molecule has 0 fully saturated rings. The smallest absolute Gasteiger partial charge is 0.258 e. The molecule has 0 saturated carbocycles. The highest BCUT2D eigenvalue weighted by molar-refractivity contribution is 9.10. The summed E-state index contributed by atoms with van der Waals surface area (Å²) < 4.78 is 0.699. The van der Waals surface area contributed by atoms with Crippen molar-refractivity contribution in [1.29, 1.82) is 0 Å². The summed E-state index contributed by atoms with van der Waals surface area (Å²) in [5.41, 5.74) is 6.43. The summed E-state index contributed by atoms with van der Waals surface area (Å²) in [5, 5.41) is 2.97. The minimum Gasteiger partial charge on any atom is -0.399 e. The van der Waals surface area contributed by atoms with E-state index in [1.807, 2.05) is 0 Å². The molecule has 0 bridgehead atoms. The summed E-state index contributed by atoms with van der Waals surface area (Å²) in [4.78, 5) is 16.0. The number of rotatable bonds is 2. The number of carbonyl (C=O) groups is 1. The quantitative estimate of drug-likeness (QED) is 0.832. The Morgan fingerprint density at radius 3 is 2.83 bits per heavy atom. The van der Waals surface area contributed by atoms with Gasteiger partial charge in [0.05, 0.1) is 15.1 Å². The van der Waals surface area contributed by atoms with Crippen LogP contribution in [0.25, 0.3) is 0 Å². The maximum atomic E-state index is 12.0. The van der Waals surface area contributed by atoms with Crippen LogP contribution in [0.4, 0.5) is 11.5 Å². The third kappa shape index (κ3) is 2.80. The van der Waals surface area contributed by atoms with Gasteiger partial charge in [-0.2, -0.15) is 0 Å². The van der Waals surface area contributed by atoms with E-state index in [1.165, 1.54) is 6.07 Å². The fraction of sp³-hybridized carbons (Fsp3) is 0. The number of hydrogen-bond donors (Lipinski definition) is 2. The fourth-order valence-corrected chi connectivity index (χ4v) is 2.00. The molecule has 92 valence electrons. The first-order chi connectivity index (χ1) is 8.58. The van der Waals surface area contributed by atoms with Gasteiger partial charge < -0.3 is 11.1 Å². The zero-order chi connectivity index (χ0) is 13.1. The number of nitrogen functional groups attached to an aromatic ring is 1. The number of benzene rings is 1. The van der Waals surface area contributed by atoms with E-state index >= 15 is 0 Å². The number of nitrogens with one attached hydrogen (secondary N) is 1. The van der Waals surface area contributed by atoms with Crippen LogP contribution in [0.2, 0.25) is 5.02 Å². The van der Waals surface area contributed by atoms with E-state index in [1.54, 1.807) is 30.5 Å². The second kappa shape index (κ2) is 5.37. The lowest BCUT2D eigenvalue weighted by Gasteiger charge is -2.07. The van der Waals surface area contributed by atoms with E-state index in [9.17, 15) is 4.79 Å². The zero-order valence-corrected chi connectivity index (χ0v) is 11.5. The van der Waals surface area contributed by atoms with Gasteiger partial charge in [0.1, 0.15) is 5.82 Å². The van der Waals surface area contributed by atoms with Crippen LogP contribution in [-0.4, -0.2) is 10.9 Å². The summed E-state index contributed by atoms with van der Waals surface area (Å²) in [6, 6.07) is 8.27. The number of nitrogens with zero attached hydrogens (tertiary/aromatic N) is 1. The number of carbonyl (C=O) groups excluding carboxylic acids is 1. The van der Waals surface area contributed by atoms with Crippen molar-refractivity contribution in [3.05, 3.63) is 51.6 Å². The molecular formula is C12H9BrClN3O. The molecule has 18 heavy (non-hydrogen) atoms. The molecular weight excluding hydrogens is 318 g/mol. The first kappa shape index (κ1) is 12.9. The topological polar surface area (TPSA) is 68.0 Å². The Labute approximate surface area is 117 Å². The Hall–Kier alpha value is -1.59. The standard InChI is InChI=1S/C12H9BrClN3O/c13-9-2-1-5-16-11(9)17-12(18)8-4-3-7(15)6-10(8)14/h1-6H,15H2,(H,16,17,18). The number of halogens is 2. The molecule has 0 spiro atoms. The lowest BCUT2D eigenvalue weighted by molar-refractivity contribution is 0.102. The van der Waals surface area contributed by atoms with Crippen LogP contribution in [0, 0.1) is 0 Å². The fourth-order valence-electron chi connectivity index (χ4n) is 1.37. The molecule has 1 amide bonds. The summed E-state index contributed by atoms with van der Waals surface area (Å²) in [6.45, 7) is 0. The minimum absolute atomic E-state index is 0.305. The maximum Gasteiger partial charge on any atom is 0.258 e. The van der Waals surface area contributed by atoms with Crippen LogP contribution >= 0.6 is 27.5 Å². The van der Waals surface area contributed by atoms with Crippen molar-refractivity contribution < 1.29 is 4.79 Å². The molecule has 2 aromatic rings. The maximum absolute atomic E-state index is 12.0. The second-order valence-corrected chi connectivity index (χ2v) is 4.79. The Morgan fingerprint density at radius 2 is 2.17 bits per heavy atom.